The zero-order valence-corrected chi connectivity index (χ0v) is 9.86. The molecule has 0 unspecified atom stereocenters. The van der Waals surface area contributed by atoms with Crippen LogP contribution in [0.15, 0.2) is 0 Å². The van der Waals surface area contributed by atoms with Gasteiger partial charge in [-0.2, -0.15) is 13.5 Å². The molecular formula is C11H26S. The van der Waals surface area contributed by atoms with E-state index in [0.717, 1.165) is 0 Å². The van der Waals surface area contributed by atoms with Crippen LogP contribution in [0.3, 0.4) is 0 Å². The minimum absolute atomic E-state index is 0. The predicted octanol–water partition coefficient (Wildman–Crippen LogP) is 4.65. The van der Waals surface area contributed by atoms with Crippen molar-refractivity contribution in [2.45, 2.75) is 71.6 Å². The molecule has 0 atom stereocenters. The third-order valence-electron chi connectivity index (χ3n) is 2.21. The normalized spacial score (nSPS) is 9.50. The maximum atomic E-state index is 2.27. The van der Waals surface area contributed by atoms with Crippen molar-refractivity contribution in [3.8, 4) is 0 Å². The fourth-order valence-electron chi connectivity index (χ4n) is 1.38. The fourth-order valence-corrected chi connectivity index (χ4v) is 1.38. The minimum atomic E-state index is 0. The van der Waals surface area contributed by atoms with Crippen LogP contribution < -0.4 is 0 Å². The second-order valence-electron chi connectivity index (χ2n) is 3.47. The van der Waals surface area contributed by atoms with Crippen molar-refractivity contribution in [1.29, 1.82) is 0 Å². The Balaban J connectivity index is 0. The second-order valence-corrected chi connectivity index (χ2v) is 3.47. The van der Waals surface area contributed by atoms with E-state index in [1.807, 2.05) is 0 Å². The summed E-state index contributed by atoms with van der Waals surface area (Å²) < 4.78 is 0. The Labute approximate surface area is 85.6 Å². The fraction of sp³-hybridized carbons (Fsp3) is 1.00. The van der Waals surface area contributed by atoms with E-state index in [1.54, 1.807) is 0 Å². The highest BCUT2D eigenvalue weighted by Crippen LogP contribution is 2.08. The number of hydrogen-bond donors (Lipinski definition) is 0. The van der Waals surface area contributed by atoms with Gasteiger partial charge in [0.25, 0.3) is 0 Å². The van der Waals surface area contributed by atoms with Gasteiger partial charge in [0.15, 0.2) is 0 Å². The average Bonchev–Trinajstić information content (AvgIpc) is 2.03. The smallest absolute Gasteiger partial charge is 0.0533 e. The highest BCUT2D eigenvalue weighted by molar-refractivity contribution is 7.59. The first-order valence-corrected chi connectivity index (χ1v) is 5.41. The van der Waals surface area contributed by atoms with Crippen molar-refractivity contribution in [2.75, 3.05) is 0 Å². The van der Waals surface area contributed by atoms with Gasteiger partial charge in [0.05, 0.1) is 0 Å². The highest BCUT2D eigenvalue weighted by atomic mass is 32.1. The summed E-state index contributed by atoms with van der Waals surface area (Å²) in [5, 5.41) is 0. The molecule has 1 heteroatoms. The van der Waals surface area contributed by atoms with E-state index in [9.17, 15) is 0 Å². The Morgan fingerprint density at radius 2 is 0.750 bits per heavy atom. The molecule has 0 nitrogen and oxygen atoms in total. The van der Waals surface area contributed by atoms with E-state index in [-0.39, 0.29) is 13.5 Å². The molecule has 0 fully saturated rings. The van der Waals surface area contributed by atoms with Crippen LogP contribution in [0.5, 0.6) is 0 Å². The standard InChI is InChI=1S/C11H24.H2S/c1-3-5-7-9-11-10-8-6-4-2;/h3-11H2,1-2H3;1H2. The Hall–Kier alpha value is 0.350. The molecule has 0 heterocycles. The molecule has 12 heavy (non-hydrogen) atoms. The first-order valence-electron chi connectivity index (χ1n) is 5.41. The van der Waals surface area contributed by atoms with Crippen molar-refractivity contribution >= 4 is 13.5 Å². The van der Waals surface area contributed by atoms with Crippen LogP contribution in [0.2, 0.25) is 0 Å². The molecule has 0 aliphatic carbocycles. The minimum Gasteiger partial charge on any atom is -0.197 e. The van der Waals surface area contributed by atoms with Gasteiger partial charge in [-0.1, -0.05) is 71.6 Å². The summed E-state index contributed by atoms with van der Waals surface area (Å²) in [4.78, 5) is 0. The third kappa shape index (κ3) is 13.0. The topological polar surface area (TPSA) is 0 Å². The molecular weight excluding hydrogens is 164 g/mol. The molecule has 76 valence electrons. The predicted molar refractivity (Wildman–Crippen MR) is 63.3 cm³/mol. The van der Waals surface area contributed by atoms with Gasteiger partial charge >= 0.3 is 0 Å². The molecule has 0 saturated carbocycles. The molecule has 0 rings (SSSR count). The van der Waals surface area contributed by atoms with Crippen LogP contribution in [0.4, 0.5) is 0 Å². The Kier molecular flexibility index (Phi) is 17.2. The summed E-state index contributed by atoms with van der Waals surface area (Å²) in [5.74, 6) is 0. The van der Waals surface area contributed by atoms with E-state index < -0.39 is 0 Å². The maximum absolute atomic E-state index is 2.27. The molecule has 0 aromatic heterocycles. The van der Waals surface area contributed by atoms with Gasteiger partial charge in [-0.25, -0.2) is 0 Å². The summed E-state index contributed by atoms with van der Waals surface area (Å²) in [7, 11) is 0. The van der Waals surface area contributed by atoms with Crippen LogP contribution in [0.25, 0.3) is 0 Å². The third-order valence-corrected chi connectivity index (χ3v) is 2.21. The Morgan fingerprint density at radius 3 is 1.00 bits per heavy atom. The summed E-state index contributed by atoms with van der Waals surface area (Å²) in [6.45, 7) is 4.55. The van der Waals surface area contributed by atoms with Crippen LogP contribution in [0, 0.1) is 0 Å². The van der Waals surface area contributed by atoms with Gasteiger partial charge < -0.3 is 0 Å². The van der Waals surface area contributed by atoms with E-state index in [1.165, 1.54) is 57.8 Å². The van der Waals surface area contributed by atoms with E-state index in [4.69, 9.17) is 0 Å². The lowest BCUT2D eigenvalue weighted by molar-refractivity contribution is 0.572. The molecule has 0 radical (unpaired) electrons. The molecule has 0 spiro atoms. The van der Waals surface area contributed by atoms with Crippen molar-refractivity contribution in [3.05, 3.63) is 0 Å². The van der Waals surface area contributed by atoms with Gasteiger partial charge in [-0.15, -0.1) is 0 Å². The van der Waals surface area contributed by atoms with E-state index in [0.29, 0.717) is 0 Å². The van der Waals surface area contributed by atoms with Gasteiger partial charge in [0, 0.05) is 0 Å². The van der Waals surface area contributed by atoms with Crippen molar-refractivity contribution < 1.29 is 0 Å². The van der Waals surface area contributed by atoms with Gasteiger partial charge in [0.2, 0.25) is 0 Å². The Bertz CT molecular complexity index is 54.0. The van der Waals surface area contributed by atoms with E-state index >= 15 is 0 Å². The molecule has 0 aromatic rings. The molecule has 0 saturated heterocycles. The monoisotopic (exact) mass is 190 g/mol. The van der Waals surface area contributed by atoms with E-state index in [2.05, 4.69) is 13.8 Å². The summed E-state index contributed by atoms with van der Waals surface area (Å²) in [5.41, 5.74) is 0. The molecule has 0 amide bonds. The SMILES string of the molecule is CCCCCCCCCCC.S. The largest absolute Gasteiger partial charge is 0.197 e. The van der Waals surface area contributed by atoms with Gasteiger partial charge in [-0.05, 0) is 0 Å². The zero-order valence-electron chi connectivity index (χ0n) is 8.86. The van der Waals surface area contributed by atoms with Crippen molar-refractivity contribution in [3.63, 3.8) is 0 Å². The average molecular weight is 190 g/mol. The van der Waals surface area contributed by atoms with Crippen LogP contribution in [0.1, 0.15) is 71.6 Å². The van der Waals surface area contributed by atoms with Crippen LogP contribution in [-0.4, -0.2) is 0 Å². The molecule has 0 aliphatic rings. The maximum Gasteiger partial charge on any atom is -0.0533 e. The lowest BCUT2D eigenvalue weighted by Gasteiger charge is -1.98. The quantitative estimate of drug-likeness (QED) is 0.489. The van der Waals surface area contributed by atoms with Gasteiger partial charge in [0.1, 0.15) is 0 Å². The van der Waals surface area contributed by atoms with Gasteiger partial charge in [-0.3, -0.25) is 0 Å². The first-order chi connectivity index (χ1) is 5.41. The zero-order chi connectivity index (χ0) is 8.36. The molecule has 0 aromatic carbocycles. The Morgan fingerprint density at radius 1 is 0.500 bits per heavy atom. The number of rotatable bonds is 8. The first kappa shape index (κ1) is 14.9. The molecule has 0 bridgehead atoms. The van der Waals surface area contributed by atoms with Crippen LogP contribution >= 0.6 is 13.5 Å². The summed E-state index contributed by atoms with van der Waals surface area (Å²) in [6.07, 6.45) is 13.0. The lowest BCUT2D eigenvalue weighted by Crippen LogP contribution is -1.79. The highest BCUT2D eigenvalue weighted by Gasteiger charge is 1.88. The number of hydrogen-bond acceptors (Lipinski definition) is 0. The molecule has 0 N–H and O–H groups in total. The number of unbranched alkanes of at least 4 members (excludes halogenated alkanes) is 8. The van der Waals surface area contributed by atoms with Crippen molar-refractivity contribution in [2.24, 2.45) is 0 Å². The molecule has 0 aliphatic heterocycles. The summed E-state index contributed by atoms with van der Waals surface area (Å²) in [6, 6.07) is 0. The second kappa shape index (κ2) is 13.9. The lowest BCUT2D eigenvalue weighted by atomic mass is 10.1. The van der Waals surface area contributed by atoms with Crippen molar-refractivity contribution in [1.82, 2.24) is 0 Å². The summed E-state index contributed by atoms with van der Waals surface area (Å²) >= 11 is 0. The van der Waals surface area contributed by atoms with Crippen LogP contribution in [-0.2, 0) is 0 Å².